The standard InChI is InChI=1S/C4H8.C3H8.2C2H6/c1-4(2)3;1-3-2;2*1-2/h1H2,2-3H3;3H2,1-2H3;2*1-2H3. The molecule has 0 atom stereocenters. The number of rotatable bonds is 0. The summed E-state index contributed by atoms with van der Waals surface area (Å²) in [5.41, 5.74) is 1.17. The molecule has 0 nitrogen and oxygen atoms in total. The predicted molar refractivity (Wildman–Crippen MR) is 59.1 cm³/mol. The molecule has 0 amide bonds. The maximum atomic E-state index is 3.56. The summed E-state index contributed by atoms with van der Waals surface area (Å²) in [4.78, 5) is 0. The van der Waals surface area contributed by atoms with E-state index in [1.807, 2.05) is 41.5 Å². The van der Waals surface area contributed by atoms with Crippen molar-refractivity contribution >= 4 is 0 Å². The van der Waals surface area contributed by atoms with Crippen molar-refractivity contribution in [2.75, 3.05) is 0 Å². The van der Waals surface area contributed by atoms with Crippen molar-refractivity contribution in [3.63, 3.8) is 0 Å². The molecule has 0 N–H and O–H groups in total. The van der Waals surface area contributed by atoms with Crippen molar-refractivity contribution in [2.45, 2.75) is 61.8 Å². The van der Waals surface area contributed by atoms with E-state index < -0.39 is 0 Å². The van der Waals surface area contributed by atoms with Crippen LogP contribution < -0.4 is 0 Å². The van der Waals surface area contributed by atoms with Gasteiger partial charge in [-0.25, -0.2) is 0 Å². The Hall–Kier alpha value is -0.260. The molecule has 0 aliphatic heterocycles. The number of hydrogen-bond acceptors (Lipinski definition) is 0. The van der Waals surface area contributed by atoms with Crippen LogP contribution in [0.4, 0.5) is 0 Å². The van der Waals surface area contributed by atoms with Gasteiger partial charge in [0.2, 0.25) is 0 Å². The molecular formula is C11H28. The van der Waals surface area contributed by atoms with E-state index in [1.165, 1.54) is 12.0 Å². The van der Waals surface area contributed by atoms with Gasteiger partial charge in [-0.05, 0) is 13.8 Å². The van der Waals surface area contributed by atoms with Gasteiger partial charge in [0, 0.05) is 0 Å². The fraction of sp³-hybridized carbons (Fsp3) is 0.818. The van der Waals surface area contributed by atoms with E-state index in [2.05, 4.69) is 20.4 Å². The lowest BCUT2D eigenvalue weighted by atomic mass is 10.4. The third-order valence-corrected chi connectivity index (χ3v) is 0. The van der Waals surface area contributed by atoms with E-state index in [1.54, 1.807) is 0 Å². The van der Waals surface area contributed by atoms with Crippen LogP contribution >= 0.6 is 0 Å². The molecular weight excluding hydrogens is 132 g/mol. The first-order valence-electron chi connectivity index (χ1n) is 4.77. The third kappa shape index (κ3) is 8630. The van der Waals surface area contributed by atoms with E-state index in [-0.39, 0.29) is 0 Å². The lowest BCUT2D eigenvalue weighted by molar-refractivity contribution is 1.09. The van der Waals surface area contributed by atoms with Crippen LogP contribution in [0.1, 0.15) is 61.8 Å². The van der Waals surface area contributed by atoms with Gasteiger partial charge in [0.15, 0.2) is 0 Å². The summed E-state index contributed by atoms with van der Waals surface area (Å²) in [5.74, 6) is 0. The Bertz CT molecular complexity index is 31.3. The van der Waals surface area contributed by atoms with E-state index >= 15 is 0 Å². The monoisotopic (exact) mass is 160 g/mol. The van der Waals surface area contributed by atoms with E-state index in [0.29, 0.717) is 0 Å². The summed E-state index contributed by atoms with van der Waals surface area (Å²) in [6, 6.07) is 0. The van der Waals surface area contributed by atoms with Crippen LogP contribution in [0.3, 0.4) is 0 Å². The summed E-state index contributed by atoms with van der Waals surface area (Å²) >= 11 is 0. The fourth-order valence-corrected chi connectivity index (χ4v) is 0. The first-order chi connectivity index (χ1) is 5.15. The van der Waals surface area contributed by atoms with E-state index in [9.17, 15) is 0 Å². The average Bonchev–Trinajstić information content (AvgIpc) is 1.96. The molecule has 0 heteroatoms. The largest absolute Gasteiger partial charge is 0.100 e. The highest BCUT2D eigenvalue weighted by atomic mass is 13.6. The molecule has 0 saturated carbocycles. The molecule has 72 valence electrons. The highest BCUT2D eigenvalue weighted by Gasteiger charge is 1.51. The van der Waals surface area contributed by atoms with Crippen LogP contribution in [0.2, 0.25) is 0 Å². The highest BCUT2D eigenvalue weighted by Crippen LogP contribution is 1.73. The Morgan fingerprint density at radius 3 is 0.909 bits per heavy atom. The molecule has 0 heterocycles. The Balaban J connectivity index is -0.0000000315. The van der Waals surface area contributed by atoms with Crippen LogP contribution in [-0.4, -0.2) is 0 Å². The normalized spacial score (nSPS) is 5.09. The van der Waals surface area contributed by atoms with E-state index in [0.717, 1.165) is 0 Å². The van der Waals surface area contributed by atoms with Crippen molar-refractivity contribution in [2.24, 2.45) is 0 Å². The van der Waals surface area contributed by atoms with Crippen molar-refractivity contribution in [1.82, 2.24) is 0 Å². The van der Waals surface area contributed by atoms with Gasteiger partial charge in [0.25, 0.3) is 0 Å². The minimum Gasteiger partial charge on any atom is -0.100 e. The number of hydrogen-bond donors (Lipinski definition) is 0. The Morgan fingerprint density at radius 2 is 0.909 bits per heavy atom. The zero-order valence-electron chi connectivity index (χ0n) is 9.91. The van der Waals surface area contributed by atoms with Crippen molar-refractivity contribution in [1.29, 1.82) is 0 Å². The van der Waals surface area contributed by atoms with Gasteiger partial charge >= 0.3 is 0 Å². The topological polar surface area (TPSA) is 0 Å². The zero-order chi connectivity index (χ0) is 10.3. The second kappa shape index (κ2) is 53.2. The van der Waals surface area contributed by atoms with Crippen LogP contribution in [0.25, 0.3) is 0 Å². The van der Waals surface area contributed by atoms with Gasteiger partial charge in [0.1, 0.15) is 0 Å². The molecule has 0 radical (unpaired) electrons. The third-order valence-electron chi connectivity index (χ3n) is 0. The van der Waals surface area contributed by atoms with Gasteiger partial charge in [0.05, 0.1) is 0 Å². The molecule has 0 bridgehead atoms. The van der Waals surface area contributed by atoms with Gasteiger partial charge < -0.3 is 0 Å². The molecule has 0 fully saturated rings. The second-order valence-corrected chi connectivity index (χ2v) is 1.91. The van der Waals surface area contributed by atoms with Gasteiger partial charge in [-0.1, -0.05) is 53.5 Å². The quantitative estimate of drug-likeness (QED) is 0.435. The van der Waals surface area contributed by atoms with E-state index in [4.69, 9.17) is 0 Å². The summed E-state index contributed by atoms with van der Waals surface area (Å²) in [7, 11) is 0. The molecule has 0 aromatic rings. The van der Waals surface area contributed by atoms with Crippen LogP contribution in [-0.2, 0) is 0 Å². The van der Waals surface area contributed by atoms with Crippen molar-refractivity contribution in [3.8, 4) is 0 Å². The summed E-state index contributed by atoms with van der Waals surface area (Å²) in [5, 5.41) is 0. The Labute approximate surface area is 74.7 Å². The number of allylic oxidation sites excluding steroid dienone is 1. The van der Waals surface area contributed by atoms with Gasteiger partial charge in [-0.3, -0.25) is 0 Å². The maximum Gasteiger partial charge on any atom is -0.0445 e. The zero-order valence-corrected chi connectivity index (χ0v) is 9.91. The molecule has 0 spiro atoms. The summed E-state index contributed by atoms with van der Waals surface area (Å²) in [6.07, 6.45) is 1.25. The second-order valence-electron chi connectivity index (χ2n) is 1.91. The Kier molecular flexibility index (Phi) is 108. The molecule has 0 aromatic carbocycles. The SMILES string of the molecule is C=C(C)C.CC.CC.CCC. The Morgan fingerprint density at radius 1 is 0.909 bits per heavy atom. The first kappa shape index (κ1) is 22.4. The highest BCUT2D eigenvalue weighted by molar-refractivity contribution is 4.78. The lowest BCUT2D eigenvalue weighted by Crippen LogP contribution is -1.43. The van der Waals surface area contributed by atoms with Crippen molar-refractivity contribution in [3.05, 3.63) is 12.2 Å². The summed E-state index contributed by atoms with van der Waals surface area (Å²) < 4.78 is 0. The smallest absolute Gasteiger partial charge is 0.0445 e. The summed E-state index contributed by atoms with van der Waals surface area (Å²) in [6.45, 7) is 19.8. The molecule has 0 aliphatic rings. The fourth-order valence-electron chi connectivity index (χ4n) is 0. The molecule has 0 aromatic heterocycles. The van der Waals surface area contributed by atoms with Crippen LogP contribution in [0, 0.1) is 0 Å². The van der Waals surface area contributed by atoms with Crippen LogP contribution in [0.5, 0.6) is 0 Å². The molecule has 0 rings (SSSR count). The van der Waals surface area contributed by atoms with Crippen LogP contribution in [0.15, 0.2) is 12.2 Å². The molecule has 0 unspecified atom stereocenters. The molecule has 0 aliphatic carbocycles. The van der Waals surface area contributed by atoms with Gasteiger partial charge in [-0.15, -0.1) is 6.58 Å². The average molecular weight is 160 g/mol. The van der Waals surface area contributed by atoms with Gasteiger partial charge in [-0.2, -0.15) is 0 Å². The predicted octanol–water partition coefficient (Wildman–Crippen LogP) is 5.05. The minimum atomic E-state index is 1.17. The molecule has 11 heavy (non-hydrogen) atoms. The lowest BCUT2D eigenvalue weighted by Gasteiger charge is -1.65. The molecule has 0 saturated heterocycles. The maximum absolute atomic E-state index is 3.56. The first-order valence-corrected chi connectivity index (χ1v) is 4.77. The minimum absolute atomic E-state index is 1.17. The van der Waals surface area contributed by atoms with Crippen molar-refractivity contribution < 1.29 is 0 Å².